The zero-order valence-corrected chi connectivity index (χ0v) is 12.8. The summed E-state index contributed by atoms with van der Waals surface area (Å²) in [5, 5.41) is 23.5. The predicted octanol–water partition coefficient (Wildman–Crippen LogP) is 2.43. The molecule has 0 radical (unpaired) electrons. The van der Waals surface area contributed by atoms with Gasteiger partial charge in [0, 0.05) is 18.0 Å². The molecular formula is C15H22N2O4. The average Bonchev–Trinajstić information content (AvgIpc) is 2.38. The van der Waals surface area contributed by atoms with Crippen molar-refractivity contribution in [3.63, 3.8) is 0 Å². The van der Waals surface area contributed by atoms with Crippen LogP contribution in [0.15, 0.2) is 18.2 Å². The highest BCUT2D eigenvalue weighted by atomic mass is 16.6. The maximum atomic E-state index is 12.2. The van der Waals surface area contributed by atoms with Crippen LogP contribution in [0.1, 0.15) is 33.3 Å². The Morgan fingerprint density at radius 2 is 1.95 bits per heavy atom. The van der Waals surface area contributed by atoms with E-state index in [0.717, 1.165) is 0 Å². The lowest BCUT2D eigenvalue weighted by molar-refractivity contribution is -0.385. The van der Waals surface area contributed by atoms with Gasteiger partial charge in [0.1, 0.15) is 0 Å². The SMILES string of the molecule is CC(C)NC(Cc1ccc(O)c([N+](=O)[O-])c1)C(=O)C(C)C. The van der Waals surface area contributed by atoms with Crippen LogP contribution in [0.3, 0.4) is 0 Å². The fraction of sp³-hybridized carbons (Fsp3) is 0.533. The van der Waals surface area contributed by atoms with Crippen molar-refractivity contribution in [2.24, 2.45) is 5.92 Å². The molecule has 2 N–H and O–H groups in total. The fourth-order valence-corrected chi connectivity index (χ4v) is 2.12. The summed E-state index contributed by atoms with van der Waals surface area (Å²) in [5.74, 6) is -0.417. The van der Waals surface area contributed by atoms with Gasteiger partial charge in [-0.3, -0.25) is 14.9 Å². The molecule has 0 aromatic heterocycles. The number of hydrogen-bond donors (Lipinski definition) is 2. The van der Waals surface area contributed by atoms with Crippen LogP contribution in [0.2, 0.25) is 0 Å². The number of nitro benzene ring substituents is 1. The lowest BCUT2D eigenvalue weighted by atomic mass is 9.95. The van der Waals surface area contributed by atoms with Crippen LogP contribution in [0.5, 0.6) is 5.75 Å². The number of carbonyl (C=O) groups is 1. The number of Topliss-reactive ketones (excluding diaryl/α,β-unsaturated/α-hetero) is 1. The van der Waals surface area contributed by atoms with Crippen LogP contribution in [0.4, 0.5) is 5.69 Å². The first kappa shape index (κ1) is 17.1. The summed E-state index contributed by atoms with van der Waals surface area (Å²) in [6.45, 7) is 7.55. The molecule has 0 heterocycles. The molecule has 0 aliphatic carbocycles. The molecule has 0 saturated carbocycles. The molecule has 6 heteroatoms. The number of phenols is 1. The number of carbonyl (C=O) groups excluding carboxylic acids is 1. The molecule has 0 spiro atoms. The Morgan fingerprint density at radius 3 is 2.43 bits per heavy atom. The Hall–Kier alpha value is -1.95. The molecule has 1 rings (SSSR count). The molecule has 0 fully saturated rings. The molecule has 1 aromatic carbocycles. The maximum Gasteiger partial charge on any atom is 0.310 e. The topological polar surface area (TPSA) is 92.5 Å². The first-order valence-corrected chi connectivity index (χ1v) is 6.98. The summed E-state index contributed by atoms with van der Waals surface area (Å²) in [6, 6.07) is 3.95. The van der Waals surface area contributed by atoms with Crippen molar-refractivity contribution in [1.29, 1.82) is 0 Å². The summed E-state index contributed by atoms with van der Waals surface area (Å²) in [7, 11) is 0. The van der Waals surface area contributed by atoms with Crippen LogP contribution in [-0.4, -0.2) is 27.9 Å². The minimum Gasteiger partial charge on any atom is -0.502 e. The number of nitro groups is 1. The average molecular weight is 294 g/mol. The van der Waals surface area contributed by atoms with Gasteiger partial charge in [0.05, 0.1) is 11.0 Å². The molecule has 1 unspecified atom stereocenters. The van der Waals surface area contributed by atoms with Crippen LogP contribution < -0.4 is 5.32 Å². The van der Waals surface area contributed by atoms with Crippen molar-refractivity contribution >= 4 is 11.5 Å². The zero-order chi connectivity index (χ0) is 16.2. The van der Waals surface area contributed by atoms with E-state index in [1.54, 1.807) is 6.07 Å². The van der Waals surface area contributed by atoms with Gasteiger partial charge in [0.15, 0.2) is 11.5 Å². The van der Waals surface area contributed by atoms with Crippen LogP contribution in [0, 0.1) is 16.0 Å². The second kappa shape index (κ2) is 7.17. The molecule has 6 nitrogen and oxygen atoms in total. The number of nitrogens with zero attached hydrogens (tertiary/aromatic N) is 1. The van der Waals surface area contributed by atoms with Gasteiger partial charge in [-0.1, -0.05) is 33.8 Å². The first-order valence-electron chi connectivity index (χ1n) is 6.98. The second-order valence-corrected chi connectivity index (χ2v) is 5.72. The number of hydrogen-bond acceptors (Lipinski definition) is 5. The number of benzene rings is 1. The number of phenolic OH excluding ortho intramolecular Hbond substituents is 1. The van der Waals surface area contributed by atoms with Crippen molar-refractivity contribution in [2.45, 2.75) is 46.2 Å². The highest BCUT2D eigenvalue weighted by Gasteiger charge is 2.23. The van der Waals surface area contributed by atoms with E-state index in [0.29, 0.717) is 12.0 Å². The monoisotopic (exact) mass is 294 g/mol. The molecule has 0 aliphatic heterocycles. The third-order valence-corrected chi connectivity index (χ3v) is 3.12. The van der Waals surface area contributed by atoms with Crippen molar-refractivity contribution in [1.82, 2.24) is 5.32 Å². The van der Waals surface area contributed by atoms with Crippen molar-refractivity contribution in [2.75, 3.05) is 0 Å². The molecule has 0 amide bonds. The van der Waals surface area contributed by atoms with Gasteiger partial charge in [-0.25, -0.2) is 0 Å². The summed E-state index contributed by atoms with van der Waals surface area (Å²) >= 11 is 0. The Balaban J connectivity index is 3.00. The number of aromatic hydroxyl groups is 1. The number of rotatable bonds is 7. The molecule has 21 heavy (non-hydrogen) atoms. The quantitative estimate of drug-likeness (QED) is 0.595. The number of nitrogens with one attached hydrogen (secondary N) is 1. The van der Waals surface area contributed by atoms with E-state index in [4.69, 9.17) is 0 Å². The zero-order valence-electron chi connectivity index (χ0n) is 12.8. The predicted molar refractivity (Wildman–Crippen MR) is 80.4 cm³/mol. The molecule has 0 bridgehead atoms. The van der Waals surface area contributed by atoms with Crippen LogP contribution in [-0.2, 0) is 11.2 Å². The van der Waals surface area contributed by atoms with Crippen LogP contribution >= 0.6 is 0 Å². The Labute approximate surface area is 124 Å². The molecule has 116 valence electrons. The molecule has 1 atom stereocenters. The van der Waals surface area contributed by atoms with E-state index >= 15 is 0 Å². The summed E-state index contributed by atoms with van der Waals surface area (Å²) in [5.41, 5.74) is 0.305. The fourth-order valence-electron chi connectivity index (χ4n) is 2.12. The minimum absolute atomic E-state index is 0.0689. The van der Waals surface area contributed by atoms with E-state index < -0.39 is 11.0 Å². The highest BCUT2D eigenvalue weighted by Crippen LogP contribution is 2.27. The van der Waals surface area contributed by atoms with Crippen molar-refractivity contribution in [3.8, 4) is 5.75 Å². The summed E-state index contributed by atoms with van der Waals surface area (Å²) in [6.07, 6.45) is 0.357. The smallest absolute Gasteiger partial charge is 0.310 e. The van der Waals surface area contributed by atoms with Gasteiger partial charge >= 0.3 is 5.69 Å². The van der Waals surface area contributed by atoms with E-state index in [1.807, 2.05) is 27.7 Å². The first-order chi connectivity index (χ1) is 9.72. The Kier molecular flexibility index (Phi) is 5.84. The van der Waals surface area contributed by atoms with E-state index in [-0.39, 0.29) is 29.2 Å². The van der Waals surface area contributed by atoms with Gasteiger partial charge < -0.3 is 10.4 Å². The number of ketones is 1. The Bertz CT molecular complexity index is 526. The molecule has 0 aliphatic rings. The summed E-state index contributed by atoms with van der Waals surface area (Å²) < 4.78 is 0. The van der Waals surface area contributed by atoms with E-state index in [9.17, 15) is 20.0 Å². The minimum atomic E-state index is -0.631. The van der Waals surface area contributed by atoms with Gasteiger partial charge in [-0.15, -0.1) is 0 Å². The van der Waals surface area contributed by atoms with Gasteiger partial charge in [0.25, 0.3) is 0 Å². The molecular weight excluding hydrogens is 272 g/mol. The second-order valence-electron chi connectivity index (χ2n) is 5.72. The van der Waals surface area contributed by atoms with E-state index in [2.05, 4.69) is 5.32 Å². The lowest BCUT2D eigenvalue weighted by Gasteiger charge is -2.22. The van der Waals surface area contributed by atoms with Crippen molar-refractivity contribution in [3.05, 3.63) is 33.9 Å². The summed E-state index contributed by atoms with van der Waals surface area (Å²) in [4.78, 5) is 22.4. The van der Waals surface area contributed by atoms with Gasteiger partial charge in [0.2, 0.25) is 0 Å². The third kappa shape index (κ3) is 4.82. The molecule has 1 aromatic rings. The Morgan fingerprint density at radius 1 is 1.33 bits per heavy atom. The van der Waals surface area contributed by atoms with Gasteiger partial charge in [-0.05, 0) is 18.1 Å². The standard InChI is InChI=1S/C15H22N2O4/c1-9(2)15(19)12(16-10(3)4)7-11-5-6-14(18)13(8-11)17(20)21/h5-6,8-10,12,16,18H,7H2,1-4H3. The largest absolute Gasteiger partial charge is 0.502 e. The van der Waals surface area contributed by atoms with Crippen LogP contribution in [0.25, 0.3) is 0 Å². The lowest BCUT2D eigenvalue weighted by Crippen LogP contribution is -2.44. The normalized spacial score (nSPS) is 12.7. The highest BCUT2D eigenvalue weighted by molar-refractivity contribution is 5.86. The van der Waals surface area contributed by atoms with Gasteiger partial charge in [-0.2, -0.15) is 0 Å². The van der Waals surface area contributed by atoms with Crippen molar-refractivity contribution < 1.29 is 14.8 Å². The third-order valence-electron chi connectivity index (χ3n) is 3.12. The molecule has 0 saturated heterocycles. The van der Waals surface area contributed by atoms with E-state index in [1.165, 1.54) is 12.1 Å². The maximum absolute atomic E-state index is 12.2.